The second-order valence-corrected chi connectivity index (χ2v) is 14.7. The van der Waals surface area contributed by atoms with Crippen LogP contribution < -0.4 is 9.62 Å². The first-order chi connectivity index (χ1) is 19.6. The Morgan fingerprint density at radius 2 is 1.50 bits per heavy atom. The number of aryl methyl sites for hydroxylation is 2. The van der Waals surface area contributed by atoms with Crippen LogP contribution in [-0.2, 0) is 32.6 Å². The van der Waals surface area contributed by atoms with Crippen molar-refractivity contribution in [2.45, 2.75) is 72.0 Å². The zero-order chi connectivity index (χ0) is 31.1. The molecule has 0 aliphatic rings. The number of nitrogens with one attached hydrogen (secondary N) is 1. The van der Waals surface area contributed by atoms with E-state index in [1.54, 1.807) is 4.90 Å². The molecular weight excluding hydrogens is 614 g/mol. The molecule has 7 nitrogen and oxygen atoms in total. The molecular formula is C33H42BrN3O4S. The van der Waals surface area contributed by atoms with Gasteiger partial charge in [-0.05, 0) is 87.6 Å². The second-order valence-electron chi connectivity index (χ2n) is 11.9. The molecule has 3 rings (SSSR count). The van der Waals surface area contributed by atoms with Crippen LogP contribution in [0.25, 0.3) is 0 Å². The summed E-state index contributed by atoms with van der Waals surface area (Å²) in [6.45, 7) is 9.99. The molecule has 0 heterocycles. The SMILES string of the molecule is Cc1cc(C)cc(N(CCCC(=O)N(Cc2ccc(Br)cc2)[C@H](Cc2ccccc2)C(=O)NC(C)(C)C)S(C)(=O)=O)c1. The first-order valence-corrected chi connectivity index (χ1v) is 16.7. The molecule has 2 amide bonds. The summed E-state index contributed by atoms with van der Waals surface area (Å²) >= 11 is 3.46. The Hall–Kier alpha value is -3.17. The number of rotatable bonds is 12. The summed E-state index contributed by atoms with van der Waals surface area (Å²) < 4.78 is 27.8. The lowest BCUT2D eigenvalue weighted by molar-refractivity contribution is -0.142. The van der Waals surface area contributed by atoms with Crippen LogP contribution in [0.3, 0.4) is 0 Å². The number of sulfonamides is 1. The van der Waals surface area contributed by atoms with Gasteiger partial charge in [-0.15, -0.1) is 0 Å². The molecule has 0 fully saturated rings. The summed E-state index contributed by atoms with van der Waals surface area (Å²) in [5.41, 5.74) is 3.86. The number of anilines is 1. The van der Waals surface area contributed by atoms with E-state index in [0.717, 1.165) is 26.7 Å². The van der Waals surface area contributed by atoms with Crippen molar-refractivity contribution in [3.8, 4) is 0 Å². The largest absolute Gasteiger partial charge is 0.350 e. The monoisotopic (exact) mass is 655 g/mol. The molecule has 0 saturated heterocycles. The first kappa shape index (κ1) is 33.3. The van der Waals surface area contributed by atoms with Gasteiger partial charge in [-0.2, -0.15) is 0 Å². The highest BCUT2D eigenvalue weighted by molar-refractivity contribution is 9.10. The molecule has 9 heteroatoms. The van der Waals surface area contributed by atoms with Crippen LogP contribution in [0, 0.1) is 13.8 Å². The van der Waals surface area contributed by atoms with E-state index in [2.05, 4.69) is 21.2 Å². The van der Waals surface area contributed by atoms with Crippen LogP contribution in [0.5, 0.6) is 0 Å². The summed E-state index contributed by atoms with van der Waals surface area (Å²) in [5.74, 6) is -0.443. The molecule has 3 aromatic carbocycles. The van der Waals surface area contributed by atoms with E-state index in [9.17, 15) is 18.0 Å². The minimum Gasteiger partial charge on any atom is -0.350 e. The summed E-state index contributed by atoms with van der Waals surface area (Å²) in [6.07, 6.45) is 1.91. The van der Waals surface area contributed by atoms with Gasteiger partial charge in [0.2, 0.25) is 21.8 Å². The average molecular weight is 657 g/mol. The van der Waals surface area contributed by atoms with Gasteiger partial charge in [-0.1, -0.05) is 64.5 Å². The zero-order valence-corrected chi connectivity index (χ0v) is 27.8. The van der Waals surface area contributed by atoms with Crippen molar-refractivity contribution >= 4 is 43.5 Å². The van der Waals surface area contributed by atoms with Crippen LogP contribution in [-0.4, -0.2) is 49.5 Å². The van der Waals surface area contributed by atoms with E-state index < -0.39 is 21.6 Å². The third-order valence-corrected chi connectivity index (χ3v) is 8.40. The highest BCUT2D eigenvalue weighted by Gasteiger charge is 2.32. The van der Waals surface area contributed by atoms with Gasteiger partial charge in [0.15, 0.2) is 0 Å². The number of hydrogen-bond donors (Lipinski definition) is 1. The lowest BCUT2D eigenvalue weighted by Gasteiger charge is -2.34. The van der Waals surface area contributed by atoms with Crippen LogP contribution >= 0.6 is 15.9 Å². The van der Waals surface area contributed by atoms with Crippen molar-refractivity contribution < 1.29 is 18.0 Å². The van der Waals surface area contributed by atoms with Gasteiger partial charge < -0.3 is 10.2 Å². The third-order valence-electron chi connectivity index (χ3n) is 6.68. The molecule has 0 aromatic heterocycles. The Balaban J connectivity index is 1.91. The van der Waals surface area contributed by atoms with Gasteiger partial charge >= 0.3 is 0 Å². The summed E-state index contributed by atoms with van der Waals surface area (Å²) in [4.78, 5) is 29.3. The number of benzene rings is 3. The Labute approximate surface area is 259 Å². The molecule has 226 valence electrons. The maximum absolute atomic E-state index is 14.0. The van der Waals surface area contributed by atoms with Gasteiger partial charge in [0, 0.05) is 35.9 Å². The summed E-state index contributed by atoms with van der Waals surface area (Å²) in [7, 11) is -3.57. The number of carbonyl (C=O) groups is 2. The molecule has 0 spiro atoms. The smallest absolute Gasteiger partial charge is 0.243 e. The fourth-order valence-electron chi connectivity index (χ4n) is 4.89. The maximum atomic E-state index is 14.0. The fraction of sp³-hybridized carbons (Fsp3) is 0.394. The summed E-state index contributed by atoms with van der Waals surface area (Å²) in [5, 5.41) is 3.07. The normalized spacial score (nSPS) is 12.5. The highest BCUT2D eigenvalue weighted by Crippen LogP contribution is 2.23. The van der Waals surface area contributed by atoms with Gasteiger partial charge in [0.05, 0.1) is 11.9 Å². The number of carbonyl (C=O) groups excluding carboxylic acids is 2. The van der Waals surface area contributed by atoms with E-state index in [1.807, 2.05) is 107 Å². The molecule has 0 unspecified atom stereocenters. The predicted octanol–water partition coefficient (Wildman–Crippen LogP) is 6.17. The van der Waals surface area contributed by atoms with Crippen LogP contribution in [0.4, 0.5) is 5.69 Å². The van der Waals surface area contributed by atoms with E-state index in [-0.39, 0.29) is 31.3 Å². The predicted molar refractivity (Wildman–Crippen MR) is 174 cm³/mol. The zero-order valence-electron chi connectivity index (χ0n) is 25.4. The molecule has 0 saturated carbocycles. The van der Waals surface area contributed by atoms with Gasteiger partial charge in [-0.3, -0.25) is 13.9 Å². The third kappa shape index (κ3) is 10.3. The number of hydrogen-bond acceptors (Lipinski definition) is 4. The number of halogens is 1. The van der Waals surface area contributed by atoms with Gasteiger partial charge in [0.25, 0.3) is 0 Å². The second kappa shape index (κ2) is 14.3. The van der Waals surface area contributed by atoms with E-state index in [0.29, 0.717) is 18.5 Å². The molecule has 0 aliphatic heterocycles. The summed E-state index contributed by atoms with van der Waals surface area (Å²) in [6, 6.07) is 22.2. The van der Waals surface area contributed by atoms with E-state index >= 15 is 0 Å². The van der Waals surface area contributed by atoms with Crippen LogP contribution in [0.2, 0.25) is 0 Å². The Morgan fingerprint density at radius 1 is 0.905 bits per heavy atom. The molecule has 1 atom stereocenters. The van der Waals surface area contributed by atoms with Crippen LogP contribution in [0.15, 0.2) is 77.3 Å². The van der Waals surface area contributed by atoms with Gasteiger partial charge in [-0.25, -0.2) is 8.42 Å². The quantitative estimate of drug-likeness (QED) is 0.253. The average Bonchev–Trinajstić information content (AvgIpc) is 2.88. The van der Waals surface area contributed by atoms with Crippen molar-refractivity contribution in [2.24, 2.45) is 0 Å². The standard InChI is InChI=1S/C33H42BrN3O4S/c1-24-19-25(2)21-29(20-24)37(42(6,40)41)18-10-13-31(38)36(23-27-14-16-28(34)17-15-27)30(32(39)35-33(3,4)5)22-26-11-8-7-9-12-26/h7-9,11-12,14-17,19-21,30H,10,13,18,22-23H2,1-6H3,(H,35,39)/t30-/m1/s1. The van der Waals surface area contributed by atoms with E-state index in [4.69, 9.17) is 0 Å². The van der Waals surface area contributed by atoms with E-state index in [1.165, 1.54) is 10.6 Å². The van der Waals surface area contributed by atoms with Crippen molar-refractivity contribution in [3.05, 3.63) is 99.5 Å². The highest BCUT2D eigenvalue weighted by atomic mass is 79.9. The molecule has 1 N–H and O–H groups in total. The van der Waals surface area contributed by atoms with Crippen molar-refractivity contribution in [3.63, 3.8) is 0 Å². The number of amides is 2. The van der Waals surface area contributed by atoms with Crippen molar-refractivity contribution in [2.75, 3.05) is 17.1 Å². The number of nitrogens with zero attached hydrogens (tertiary/aromatic N) is 2. The molecule has 3 aromatic rings. The molecule has 0 radical (unpaired) electrons. The Bertz CT molecular complexity index is 1450. The maximum Gasteiger partial charge on any atom is 0.243 e. The topological polar surface area (TPSA) is 86.8 Å². The lowest BCUT2D eigenvalue weighted by Crippen LogP contribution is -2.54. The minimum atomic E-state index is -3.57. The van der Waals surface area contributed by atoms with Crippen molar-refractivity contribution in [1.29, 1.82) is 0 Å². The Kier molecular flexibility index (Phi) is 11.4. The molecule has 0 bridgehead atoms. The van der Waals surface area contributed by atoms with Gasteiger partial charge in [0.1, 0.15) is 6.04 Å². The lowest BCUT2D eigenvalue weighted by atomic mass is 10.00. The molecule has 42 heavy (non-hydrogen) atoms. The van der Waals surface area contributed by atoms with Crippen LogP contribution in [0.1, 0.15) is 55.9 Å². The first-order valence-electron chi connectivity index (χ1n) is 14.1. The fourth-order valence-corrected chi connectivity index (χ4v) is 6.11. The minimum absolute atomic E-state index is 0.0848. The molecule has 0 aliphatic carbocycles. The Morgan fingerprint density at radius 3 is 2.05 bits per heavy atom. The van der Waals surface area contributed by atoms with Crippen molar-refractivity contribution in [1.82, 2.24) is 10.2 Å².